The second-order valence-electron chi connectivity index (χ2n) is 30.3. The smallest absolute Gasteiger partial charge is 0.450 e. The molecule has 14 rings (SSSR count). The molecule has 10 heterocycles. The summed E-state index contributed by atoms with van der Waals surface area (Å²) < 4.78 is 189. The highest BCUT2D eigenvalue weighted by Crippen LogP contribution is 2.54. The highest BCUT2D eigenvalue weighted by atomic mass is 79.9. The lowest BCUT2D eigenvalue weighted by molar-refractivity contribution is -0.271. The molecule has 2 atom stereocenters. The SMILES string of the molecule is CC(C)(CC(=O)C(F)(F)F)c1cc(-c2cccnc2)cc2c1OCC2.CC(C)(CC(=O)C(F)(F)F)c1cc(Br)cc2c1OCC2.CC(C)(CC(O)(Cn1cc(Cl)c(=O)c2cnccc21)C(F)(F)F)c1cc(-c2cccnc2)cc2c1OCC2.CC(C)(CC1(C(F)(F)F)CO1)c1cc(-c2cccnc2)cc2c1OCC2. The van der Waals surface area contributed by atoms with E-state index in [0.717, 1.165) is 95.0 Å². The fourth-order valence-corrected chi connectivity index (χ4v) is 15.2. The van der Waals surface area contributed by atoms with Crippen molar-refractivity contribution in [3.8, 4) is 56.4 Å². The van der Waals surface area contributed by atoms with Crippen LogP contribution in [0.1, 0.15) is 126 Å². The predicted octanol–water partition coefficient (Wildman–Crippen LogP) is 19.1. The molecular formula is C81H77BrClF12N5O9. The molecule has 28 heteroatoms. The Labute approximate surface area is 633 Å². The van der Waals surface area contributed by atoms with E-state index in [-0.39, 0.29) is 29.0 Å². The van der Waals surface area contributed by atoms with Crippen molar-refractivity contribution in [2.45, 2.75) is 171 Å². The van der Waals surface area contributed by atoms with Crippen LogP contribution in [0.4, 0.5) is 52.7 Å². The molecule has 9 aromatic rings. The number of fused-ring (bicyclic) bond motifs is 5. The molecule has 5 aromatic heterocycles. The lowest BCUT2D eigenvalue weighted by Gasteiger charge is -2.39. The fourth-order valence-electron chi connectivity index (χ4n) is 14.5. The molecule has 578 valence electrons. The molecule has 2 unspecified atom stereocenters. The van der Waals surface area contributed by atoms with E-state index in [1.54, 1.807) is 96.9 Å². The van der Waals surface area contributed by atoms with Crippen molar-refractivity contribution in [3.05, 3.63) is 211 Å². The third-order valence-electron chi connectivity index (χ3n) is 20.1. The zero-order valence-corrected chi connectivity index (χ0v) is 62.8. The van der Waals surface area contributed by atoms with Gasteiger partial charge in [0.25, 0.3) is 0 Å². The van der Waals surface area contributed by atoms with Crippen LogP contribution in [0.25, 0.3) is 44.3 Å². The van der Waals surface area contributed by atoms with Crippen molar-refractivity contribution in [3.63, 3.8) is 0 Å². The molecule has 109 heavy (non-hydrogen) atoms. The van der Waals surface area contributed by atoms with E-state index in [9.17, 15) is 72.2 Å². The minimum absolute atomic E-state index is 0.0687. The van der Waals surface area contributed by atoms with Gasteiger partial charge in [-0.15, -0.1) is 0 Å². The van der Waals surface area contributed by atoms with Gasteiger partial charge < -0.3 is 33.4 Å². The van der Waals surface area contributed by atoms with Gasteiger partial charge in [-0.3, -0.25) is 34.3 Å². The average Bonchev–Trinajstić information content (AvgIpc) is 1.65. The van der Waals surface area contributed by atoms with E-state index in [2.05, 4.69) is 35.9 Å². The van der Waals surface area contributed by atoms with Crippen LogP contribution in [-0.4, -0.2) is 110 Å². The van der Waals surface area contributed by atoms with Gasteiger partial charge in [0, 0.05) is 149 Å². The van der Waals surface area contributed by atoms with E-state index < -0.39 is 100 Å². The number of ether oxygens (including phenoxy) is 5. The van der Waals surface area contributed by atoms with E-state index in [0.29, 0.717) is 73.2 Å². The first-order valence-corrected chi connectivity index (χ1v) is 36.0. The number of ketones is 2. The van der Waals surface area contributed by atoms with Crippen molar-refractivity contribution in [2.24, 2.45) is 0 Å². The average molecular weight is 1610 g/mol. The summed E-state index contributed by atoms with van der Waals surface area (Å²) in [5.74, 6) is -0.943. The Balaban J connectivity index is 0.000000149. The lowest BCUT2D eigenvalue weighted by atomic mass is 9.73. The fraction of sp³-hybridized carbons (Fsp3) is 0.395. The third kappa shape index (κ3) is 18.0. The van der Waals surface area contributed by atoms with E-state index in [1.165, 1.54) is 18.5 Å². The predicted molar refractivity (Wildman–Crippen MR) is 389 cm³/mol. The Hall–Kier alpha value is -8.92. The van der Waals surface area contributed by atoms with Crippen molar-refractivity contribution < 1.29 is 91.1 Å². The van der Waals surface area contributed by atoms with E-state index in [4.69, 9.17) is 35.3 Å². The summed E-state index contributed by atoms with van der Waals surface area (Å²) in [6.45, 7) is 14.3. The number of benzene rings is 4. The minimum Gasteiger partial charge on any atom is -0.493 e. The van der Waals surface area contributed by atoms with Gasteiger partial charge in [0.15, 0.2) is 11.2 Å². The number of Topliss-reactive ketones (excluding diaryl/α,β-unsaturated/α-hetero) is 2. The van der Waals surface area contributed by atoms with Crippen LogP contribution in [0.2, 0.25) is 5.02 Å². The largest absolute Gasteiger partial charge is 0.493 e. The van der Waals surface area contributed by atoms with Gasteiger partial charge in [0.1, 0.15) is 28.0 Å². The number of carbonyl (C=O) groups excluding carboxylic acids is 2. The first-order valence-electron chi connectivity index (χ1n) is 34.8. The maximum Gasteiger partial charge on any atom is 0.450 e. The molecule has 0 spiro atoms. The standard InChI is InChI=1S/C28H25ClF3N3O3.C20H20F3NO2.C19H18F3NO2.C14H14BrF3O2/c1-26(2,21-11-19(18-4-3-7-33-12-18)10-17-6-9-38-25(17)21)15-27(37,28(30,31)32)16-35-14-22(29)24(36)20-13-34-8-5-23(20)35;1-18(2,11-19(12-26-19)20(21,22)23)16-9-15(14-4-3-6-24-10-14)8-13-5-7-25-17(13)16;1-18(2,10-16(24)19(20,21)22)15-9-14(13-4-3-6-23-11-13)8-12-5-7-25-17(12)15;1-13(2,7-11(19)14(16,17)18)10-6-9(15)5-8-3-4-20-12(8)10/h3-5,7-8,10-14,37H,6,9,15-16H2,1-2H3;3-4,6,8-10H,5,7,11-12H2,1-2H3;3-4,6,8-9,11H,5,7,10H2,1-2H3;5-6H,3-4,7H2,1-2H3. The number of nitrogens with zero attached hydrogens (tertiary/aromatic N) is 5. The number of hydrogen-bond acceptors (Lipinski definition) is 13. The van der Waals surface area contributed by atoms with Crippen LogP contribution in [0, 0.1) is 0 Å². The molecule has 4 aromatic carbocycles. The highest BCUT2D eigenvalue weighted by molar-refractivity contribution is 9.10. The molecule has 14 nitrogen and oxygen atoms in total. The molecule has 1 fully saturated rings. The van der Waals surface area contributed by atoms with Gasteiger partial charge in [-0.2, -0.15) is 52.7 Å². The molecule has 5 aliphatic rings. The van der Waals surface area contributed by atoms with Gasteiger partial charge >= 0.3 is 24.7 Å². The summed E-state index contributed by atoms with van der Waals surface area (Å²) in [6.07, 6.45) is -4.29. The first-order chi connectivity index (χ1) is 50.9. The van der Waals surface area contributed by atoms with Gasteiger partial charge in [0.05, 0.1) is 50.5 Å². The second kappa shape index (κ2) is 30.7. The number of epoxide rings is 1. The molecule has 0 saturated carbocycles. The minimum atomic E-state index is -5.00. The summed E-state index contributed by atoms with van der Waals surface area (Å²) in [5.41, 5.74) is 2.31. The van der Waals surface area contributed by atoms with Crippen molar-refractivity contribution >= 4 is 50.0 Å². The number of aliphatic hydroxyl groups is 1. The Bertz CT molecular complexity index is 4940. The molecular weight excluding hydrogens is 1530 g/mol. The van der Waals surface area contributed by atoms with Crippen LogP contribution in [0.3, 0.4) is 0 Å². The highest BCUT2D eigenvalue weighted by Gasteiger charge is 2.67. The summed E-state index contributed by atoms with van der Waals surface area (Å²) in [4.78, 5) is 51.5. The van der Waals surface area contributed by atoms with Gasteiger partial charge in [0.2, 0.25) is 17.0 Å². The molecule has 0 amide bonds. The van der Waals surface area contributed by atoms with E-state index >= 15 is 0 Å². The number of carbonyl (C=O) groups is 2. The molecule has 0 radical (unpaired) electrons. The monoisotopic (exact) mass is 1610 g/mol. The summed E-state index contributed by atoms with van der Waals surface area (Å²) in [6, 6.07) is 27.8. The van der Waals surface area contributed by atoms with Gasteiger partial charge in [-0.1, -0.05) is 101 Å². The van der Waals surface area contributed by atoms with Crippen molar-refractivity contribution in [1.82, 2.24) is 24.5 Å². The second-order valence-corrected chi connectivity index (χ2v) is 31.6. The molecule has 1 N–H and O–H groups in total. The van der Waals surface area contributed by atoms with Crippen molar-refractivity contribution in [2.75, 3.05) is 33.0 Å². The number of halogens is 14. The summed E-state index contributed by atoms with van der Waals surface area (Å²) in [7, 11) is 0. The molecule has 1 saturated heterocycles. The maximum absolute atomic E-state index is 14.6. The Morgan fingerprint density at radius 2 is 0.890 bits per heavy atom. The molecule has 5 aliphatic heterocycles. The Kier molecular flexibility index (Phi) is 22.9. The molecule has 0 aliphatic carbocycles. The first kappa shape index (κ1) is 81.1. The van der Waals surface area contributed by atoms with Crippen LogP contribution in [0.15, 0.2) is 156 Å². The normalized spacial score (nSPS) is 16.5. The van der Waals surface area contributed by atoms with Gasteiger partial charge in [-0.25, -0.2) is 0 Å². The van der Waals surface area contributed by atoms with Crippen molar-refractivity contribution in [1.29, 1.82) is 0 Å². The number of hydrogen-bond donors (Lipinski definition) is 1. The van der Waals surface area contributed by atoms with Crippen LogP contribution in [0.5, 0.6) is 23.0 Å². The zero-order chi connectivity index (χ0) is 79.2. The zero-order valence-electron chi connectivity index (χ0n) is 60.5. The van der Waals surface area contributed by atoms with E-state index in [1.807, 2.05) is 80.6 Å². The van der Waals surface area contributed by atoms with Crippen LogP contribution < -0.4 is 24.4 Å². The van der Waals surface area contributed by atoms with Gasteiger partial charge in [-0.05, 0) is 135 Å². The maximum atomic E-state index is 14.6. The lowest BCUT2D eigenvalue weighted by Crippen LogP contribution is -2.52. The van der Waals surface area contributed by atoms with Crippen LogP contribution in [-0.2, 0) is 68.2 Å². The number of rotatable bonds is 17. The quantitative estimate of drug-likeness (QED) is 0.0673. The summed E-state index contributed by atoms with van der Waals surface area (Å²) in [5, 5.41) is 11.1. The Morgan fingerprint density at radius 3 is 1.26 bits per heavy atom. The Morgan fingerprint density at radius 1 is 0.514 bits per heavy atom. The number of alkyl halides is 12. The number of pyridine rings is 5. The number of aromatic nitrogens is 5. The topological polar surface area (TPSA) is 177 Å². The summed E-state index contributed by atoms with van der Waals surface area (Å²) >= 11 is 9.41. The third-order valence-corrected chi connectivity index (χ3v) is 20.8. The van der Waals surface area contributed by atoms with Crippen LogP contribution >= 0.6 is 27.5 Å². The molecule has 0 bridgehead atoms.